The molecular weight excluding hydrogens is 348 g/mol. The molecule has 0 aromatic heterocycles. The summed E-state index contributed by atoms with van der Waals surface area (Å²) in [5, 5.41) is 3.01. The SMILES string of the molecule is CCOC(=O)c1ccccc1N[C@H]1CC(=O)N(c2ccccc2OC)C1=O. The Morgan fingerprint density at radius 1 is 1.15 bits per heavy atom. The summed E-state index contributed by atoms with van der Waals surface area (Å²) in [7, 11) is 1.48. The lowest BCUT2D eigenvalue weighted by atomic mass is 10.1. The van der Waals surface area contributed by atoms with Gasteiger partial charge < -0.3 is 14.8 Å². The Morgan fingerprint density at radius 2 is 1.85 bits per heavy atom. The lowest BCUT2D eigenvalue weighted by Crippen LogP contribution is -2.35. The number of anilines is 2. The van der Waals surface area contributed by atoms with E-state index in [0.717, 1.165) is 4.90 Å². The van der Waals surface area contributed by atoms with Gasteiger partial charge in [-0.15, -0.1) is 0 Å². The minimum atomic E-state index is -0.780. The first-order chi connectivity index (χ1) is 13.1. The molecule has 0 spiro atoms. The molecule has 1 fully saturated rings. The topological polar surface area (TPSA) is 84.9 Å². The van der Waals surface area contributed by atoms with Crippen molar-refractivity contribution in [2.24, 2.45) is 0 Å². The number of esters is 1. The highest BCUT2D eigenvalue weighted by Crippen LogP contribution is 2.32. The van der Waals surface area contributed by atoms with Gasteiger partial charge in [0.05, 0.1) is 31.4 Å². The van der Waals surface area contributed by atoms with Gasteiger partial charge in [0.25, 0.3) is 5.91 Å². The van der Waals surface area contributed by atoms with Crippen molar-refractivity contribution in [2.45, 2.75) is 19.4 Å². The minimum absolute atomic E-state index is 0.0198. The van der Waals surface area contributed by atoms with Crippen molar-refractivity contribution in [1.82, 2.24) is 0 Å². The van der Waals surface area contributed by atoms with Gasteiger partial charge in [-0.1, -0.05) is 24.3 Å². The zero-order valence-electron chi connectivity index (χ0n) is 15.1. The summed E-state index contributed by atoms with van der Waals surface area (Å²) in [6, 6.07) is 12.8. The van der Waals surface area contributed by atoms with Gasteiger partial charge in [-0.3, -0.25) is 9.59 Å². The monoisotopic (exact) mass is 368 g/mol. The highest BCUT2D eigenvalue weighted by atomic mass is 16.5. The molecule has 140 valence electrons. The molecular formula is C20H20N2O5. The molecule has 1 saturated heterocycles. The number of methoxy groups -OCH3 is 1. The zero-order chi connectivity index (χ0) is 19.4. The number of para-hydroxylation sites is 3. The molecule has 1 aliphatic rings. The molecule has 0 saturated carbocycles. The predicted octanol–water partition coefficient (Wildman–Crippen LogP) is 2.62. The molecule has 2 amide bonds. The number of nitrogens with zero attached hydrogens (tertiary/aromatic N) is 1. The van der Waals surface area contributed by atoms with E-state index in [-0.39, 0.29) is 18.9 Å². The maximum absolute atomic E-state index is 12.9. The number of carbonyl (C=O) groups excluding carboxylic acids is 3. The Morgan fingerprint density at radius 3 is 2.59 bits per heavy atom. The van der Waals surface area contributed by atoms with Crippen molar-refractivity contribution < 1.29 is 23.9 Å². The van der Waals surface area contributed by atoms with Gasteiger partial charge in [0, 0.05) is 5.69 Å². The second-order valence-corrected chi connectivity index (χ2v) is 5.91. The van der Waals surface area contributed by atoms with Crippen molar-refractivity contribution >= 4 is 29.2 Å². The van der Waals surface area contributed by atoms with Gasteiger partial charge in [-0.05, 0) is 31.2 Å². The van der Waals surface area contributed by atoms with Crippen LogP contribution in [0.3, 0.4) is 0 Å². The van der Waals surface area contributed by atoms with Gasteiger partial charge >= 0.3 is 5.97 Å². The summed E-state index contributed by atoms with van der Waals surface area (Å²) in [6.07, 6.45) is -0.0198. The van der Waals surface area contributed by atoms with Gasteiger partial charge in [0.2, 0.25) is 5.91 Å². The van der Waals surface area contributed by atoms with Crippen LogP contribution in [0.15, 0.2) is 48.5 Å². The number of ether oxygens (including phenoxy) is 2. The molecule has 7 heteroatoms. The number of amides is 2. The van der Waals surface area contributed by atoms with Crippen LogP contribution in [0.2, 0.25) is 0 Å². The maximum Gasteiger partial charge on any atom is 0.340 e. The molecule has 7 nitrogen and oxygen atoms in total. The number of rotatable bonds is 6. The molecule has 0 unspecified atom stereocenters. The van der Waals surface area contributed by atoms with Crippen LogP contribution >= 0.6 is 0 Å². The fourth-order valence-electron chi connectivity index (χ4n) is 3.00. The Balaban J connectivity index is 1.86. The summed E-state index contributed by atoms with van der Waals surface area (Å²) in [5.41, 5.74) is 1.16. The third-order valence-electron chi connectivity index (χ3n) is 4.22. The smallest absolute Gasteiger partial charge is 0.340 e. The fraction of sp³-hybridized carbons (Fsp3) is 0.250. The number of nitrogens with one attached hydrogen (secondary N) is 1. The van der Waals surface area contributed by atoms with Crippen molar-refractivity contribution in [3.05, 3.63) is 54.1 Å². The normalized spacial score (nSPS) is 16.4. The predicted molar refractivity (Wildman–Crippen MR) is 99.9 cm³/mol. The molecule has 1 N–H and O–H groups in total. The fourth-order valence-corrected chi connectivity index (χ4v) is 3.00. The summed E-state index contributed by atoms with van der Waals surface area (Å²) >= 11 is 0. The third kappa shape index (κ3) is 3.62. The number of carbonyl (C=O) groups is 3. The minimum Gasteiger partial charge on any atom is -0.495 e. The second-order valence-electron chi connectivity index (χ2n) is 5.91. The van der Waals surface area contributed by atoms with Crippen LogP contribution < -0.4 is 15.0 Å². The van der Waals surface area contributed by atoms with E-state index in [2.05, 4.69) is 5.32 Å². The van der Waals surface area contributed by atoms with E-state index in [1.165, 1.54) is 7.11 Å². The summed E-state index contributed by atoms with van der Waals surface area (Å²) in [6.45, 7) is 1.97. The van der Waals surface area contributed by atoms with E-state index in [0.29, 0.717) is 22.7 Å². The van der Waals surface area contributed by atoms with Crippen molar-refractivity contribution in [1.29, 1.82) is 0 Å². The molecule has 1 atom stereocenters. The molecule has 2 aromatic rings. The van der Waals surface area contributed by atoms with Crippen LogP contribution in [-0.4, -0.2) is 37.5 Å². The van der Waals surface area contributed by atoms with E-state index >= 15 is 0 Å². The molecule has 0 bridgehead atoms. The van der Waals surface area contributed by atoms with Gasteiger partial charge in [-0.25, -0.2) is 9.69 Å². The van der Waals surface area contributed by atoms with Crippen molar-refractivity contribution in [3.63, 3.8) is 0 Å². The molecule has 1 heterocycles. The number of hydrogen-bond donors (Lipinski definition) is 1. The van der Waals surface area contributed by atoms with Crippen LogP contribution in [0, 0.1) is 0 Å². The quantitative estimate of drug-likeness (QED) is 0.623. The Labute approximate surface area is 156 Å². The average molecular weight is 368 g/mol. The first kappa shape index (κ1) is 18.4. The van der Waals surface area contributed by atoms with Crippen molar-refractivity contribution in [3.8, 4) is 5.75 Å². The lowest BCUT2D eigenvalue weighted by Gasteiger charge is -2.19. The van der Waals surface area contributed by atoms with E-state index < -0.39 is 17.9 Å². The van der Waals surface area contributed by atoms with Crippen LogP contribution in [0.5, 0.6) is 5.75 Å². The first-order valence-corrected chi connectivity index (χ1v) is 8.59. The van der Waals surface area contributed by atoms with Gasteiger partial charge in [-0.2, -0.15) is 0 Å². The zero-order valence-corrected chi connectivity index (χ0v) is 15.1. The Bertz CT molecular complexity index is 880. The number of imide groups is 1. The van der Waals surface area contributed by atoms with Crippen molar-refractivity contribution in [2.75, 3.05) is 23.9 Å². The summed E-state index contributed by atoms with van der Waals surface area (Å²) in [4.78, 5) is 38.6. The molecule has 2 aromatic carbocycles. The standard InChI is InChI=1S/C20H20N2O5/c1-3-27-20(25)13-8-4-5-9-14(13)21-15-12-18(23)22(19(15)24)16-10-6-7-11-17(16)26-2/h4-11,15,21H,3,12H2,1-2H3/t15-/m0/s1. The van der Waals surface area contributed by atoms with Crippen LogP contribution in [0.1, 0.15) is 23.7 Å². The molecule has 0 radical (unpaired) electrons. The van der Waals surface area contributed by atoms with Crippen LogP contribution in [0.4, 0.5) is 11.4 Å². The summed E-state index contributed by atoms with van der Waals surface area (Å²) < 4.78 is 10.3. The van der Waals surface area contributed by atoms with Crippen LogP contribution in [0.25, 0.3) is 0 Å². The van der Waals surface area contributed by atoms with Gasteiger partial charge in [0.1, 0.15) is 11.8 Å². The van der Waals surface area contributed by atoms with E-state index in [1.54, 1.807) is 55.5 Å². The second kappa shape index (κ2) is 7.90. The lowest BCUT2D eigenvalue weighted by molar-refractivity contribution is -0.121. The van der Waals surface area contributed by atoms with Gasteiger partial charge in [0.15, 0.2) is 0 Å². The van der Waals surface area contributed by atoms with Crippen LogP contribution in [-0.2, 0) is 14.3 Å². The van der Waals surface area contributed by atoms with E-state index in [9.17, 15) is 14.4 Å². The Kier molecular flexibility index (Phi) is 5.40. The average Bonchev–Trinajstić information content (AvgIpc) is 2.95. The third-order valence-corrected chi connectivity index (χ3v) is 4.22. The van der Waals surface area contributed by atoms with E-state index in [1.807, 2.05) is 0 Å². The highest BCUT2D eigenvalue weighted by Gasteiger charge is 2.41. The molecule has 3 rings (SSSR count). The number of benzene rings is 2. The van der Waals surface area contributed by atoms with E-state index in [4.69, 9.17) is 9.47 Å². The highest BCUT2D eigenvalue weighted by molar-refractivity contribution is 6.24. The first-order valence-electron chi connectivity index (χ1n) is 8.59. The summed E-state index contributed by atoms with van der Waals surface area (Å²) in [5.74, 6) is -0.787. The Hall–Kier alpha value is -3.35. The molecule has 27 heavy (non-hydrogen) atoms. The largest absolute Gasteiger partial charge is 0.495 e. The molecule has 1 aliphatic heterocycles. The molecule has 0 aliphatic carbocycles. The number of hydrogen-bond acceptors (Lipinski definition) is 6. The maximum atomic E-state index is 12.9.